The third-order valence-electron chi connectivity index (χ3n) is 5.16. The summed E-state index contributed by atoms with van der Waals surface area (Å²) in [5.74, 6) is 2.02. The molecule has 5 nitrogen and oxygen atoms in total. The third-order valence-corrected chi connectivity index (χ3v) is 5.16. The Labute approximate surface area is 167 Å². The van der Waals surface area contributed by atoms with Gasteiger partial charge < -0.3 is 19.5 Å². The van der Waals surface area contributed by atoms with Crippen molar-refractivity contribution in [3.63, 3.8) is 0 Å². The number of benzene rings is 2. The number of aryl methyl sites for hydroxylation is 2. The highest BCUT2D eigenvalue weighted by Crippen LogP contribution is 2.41. The van der Waals surface area contributed by atoms with Crippen LogP contribution in [0.25, 0.3) is 0 Å². The number of rotatable bonds is 5. The van der Waals surface area contributed by atoms with Gasteiger partial charge in [-0.05, 0) is 70.0 Å². The van der Waals surface area contributed by atoms with Crippen LogP contribution in [0, 0.1) is 13.8 Å². The standard InChI is InChI=1S/C23H29NO4/c1-14-7-8-18(11-15(14)2)27-16(3)22(25)24-20-13-23(4,5)28-21-12-17(26-6)9-10-19(20)21/h7-12,16,20H,13H2,1-6H3,(H,24,25)/t16-,20-/m0/s1. The number of methoxy groups -OCH3 is 1. The van der Waals surface area contributed by atoms with Crippen molar-refractivity contribution < 1.29 is 19.0 Å². The van der Waals surface area contributed by atoms with E-state index in [1.54, 1.807) is 14.0 Å². The predicted molar refractivity (Wildman–Crippen MR) is 109 cm³/mol. The number of amides is 1. The van der Waals surface area contributed by atoms with Crippen LogP contribution < -0.4 is 19.5 Å². The zero-order valence-corrected chi connectivity index (χ0v) is 17.5. The van der Waals surface area contributed by atoms with Gasteiger partial charge in [-0.1, -0.05) is 6.07 Å². The molecule has 2 aromatic carbocycles. The van der Waals surface area contributed by atoms with E-state index in [9.17, 15) is 4.79 Å². The summed E-state index contributed by atoms with van der Waals surface area (Å²) in [5.41, 5.74) is 2.89. The van der Waals surface area contributed by atoms with Crippen LogP contribution >= 0.6 is 0 Å². The Morgan fingerprint density at radius 1 is 1.14 bits per heavy atom. The van der Waals surface area contributed by atoms with Crippen molar-refractivity contribution in [2.45, 2.75) is 58.8 Å². The van der Waals surface area contributed by atoms with E-state index in [4.69, 9.17) is 14.2 Å². The summed E-state index contributed by atoms with van der Waals surface area (Å²) in [6.45, 7) is 9.88. The van der Waals surface area contributed by atoms with Crippen LogP contribution in [0.2, 0.25) is 0 Å². The van der Waals surface area contributed by atoms with Crippen molar-refractivity contribution in [2.75, 3.05) is 7.11 Å². The van der Waals surface area contributed by atoms with E-state index < -0.39 is 11.7 Å². The molecular formula is C23H29NO4. The van der Waals surface area contributed by atoms with Gasteiger partial charge in [-0.2, -0.15) is 0 Å². The first-order valence-electron chi connectivity index (χ1n) is 9.60. The lowest BCUT2D eigenvalue weighted by Gasteiger charge is -2.38. The second-order valence-electron chi connectivity index (χ2n) is 8.04. The molecule has 0 saturated heterocycles. The minimum Gasteiger partial charge on any atom is -0.497 e. The summed E-state index contributed by atoms with van der Waals surface area (Å²) < 4.78 is 17.3. The van der Waals surface area contributed by atoms with Gasteiger partial charge >= 0.3 is 0 Å². The van der Waals surface area contributed by atoms with Gasteiger partial charge in [-0.25, -0.2) is 0 Å². The molecule has 0 spiro atoms. The molecule has 0 aromatic heterocycles. The summed E-state index contributed by atoms with van der Waals surface area (Å²) in [4.78, 5) is 12.8. The first kappa shape index (κ1) is 20.1. The Bertz CT molecular complexity index is 875. The summed E-state index contributed by atoms with van der Waals surface area (Å²) in [6.07, 6.45) is 0.0730. The summed E-state index contributed by atoms with van der Waals surface area (Å²) in [6, 6.07) is 11.4. The molecule has 5 heteroatoms. The maximum Gasteiger partial charge on any atom is 0.261 e. The molecular weight excluding hydrogens is 354 g/mol. The van der Waals surface area contributed by atoms with Crippen molar-refractivity contribution in [3.8, 4) is 17.2 Å². The van der Waals surface area contributed by atoms with E-state index >= 15 is 0 Å². The summed E-state index contributed by atoms with van der Waals surface area (Å²) in [7, 11) is 1.63. The van der Waals surface area contributed by atoms with Crippen molar-refractivity contribution in [1.29, 1.82) is 0 Å². The van der Waals surface area contributed by atoms with E-state index in [0.717, 1.165) is 22.6 Å². The lowest BCUT2D eigenvalue weighted by atomic mass is 9.89. The topological polar surface area (TPSA) is 56.8 Å². The van der Waals surface area contributed by atoms with Gasteiger partial charge in [-0.3, -0.25) is 4.79 Å². The summed E-state index contributed by atoms with van der Waals surface area (Å²) in [5, 5.41) is 3.13. The van der Waals surface area contributed by atoms with Gasteiger partial charge in [-0.15, -0.1) is 0 Å². The highest BCUT2D eigenvalue weighted by molar-refractivity contribution is 5.81. The molecule has 0 fully saturated rings. The highest BCUT2D eigenvalue weighted by Gasteiger charge is 2.35. The quantitative estimate of drug-likeness (QED) is 0.826. The first-order valence-corrected chi connectivity index (χ1v) is 9.60. The van der Waals surface area contributed by atoms with Gasteiger partial charge in [0, 0.05) is 18.1 Å². The van der Waals surface area contributed by atoms with Gasteiger partial charge in [0.15, 0.2) is 6.10 Å². The predicted octanol–water partition coefficient (Wildman–Crippen LogP) is 4.50. The lowest BCUT2D eigenvalue weighted by molar-refractivity contribution is -0.128. The minimum atomic E-state index is -0.602. The highest BCUT2D eigenvalue weighted by atomic mass is 16.5. The molecule has 1 aliphatic rings. The monoisotopic (exact) mass is 383 g/mol. The number of carbonyl (C=O) groups excluding carboxylic acids is 1. The largest absolute Gasteiger partial charge is 0.497 e. The van der Waals surface area contributed by atoms with Crippen LogP contribution in [0.4, 0.5) is 0 Å². The zero-order chi connectivity index (χ0) is 20.5. The van der Waals surface area contributed by atoms with Crippen molar-refractivity contribution in [2.24, 2.45) is 0 Å². The fourth-order valence-corrected chi connectivity index (χ4v) is 3.42. The summed E-state index contributed by atoms with van der Waals surface area (Å²) >= 11 is 0. The van der Waals surface area contributed by atoms with Crippen molar-refractivity contribution >= 4 is 5.91 Å². The Kier molecular flexibility index (Phi) is 5.54. The van der Waals surface area contributed by atoms with Gasteiger partial charge in [0.05, 0.1) is 13.2 Å². The Hall–Kier alpha value is -2.69. The van der Waals surface area contributed by atoms with E-state index in [0.29, 0.717) is 12.2 Å². The van der Waals surface area contributed by atoms with Crippen molar-refractivity contribution in [3.05, 3.63) is 53.1 Å². The molecule has 2 aromatic rings. The average molecular weight is 383 g/mol. The van der Waals surface area contributed by atoms with E-state index in [1.807, 2.05) is 57.2 Å². The zero-order valence-electron chi connectivity index (χ0n) is 17.5. The number of ether oxygens (including phenoxy) is 3. The molecule has 3 rings (SSSR count). The second-order valence-corrected chi connectivity index (χ2v) is 8.04. The van der Waals surface area contributed by atoms with E-state index in [2.05, 4.69) is 12.2 Å². The molecule has 1 heterocycles. The maximum atomic E-state index is 12.8. The van der Waals surface area contributed by atoms with Crippen molar-refractivity contribution in [1.82, 2.24) is 5.32 Å². The normalized spacial score (nSPS) is 18.4. The number of hydrogen-bond donors (Lipinski definition) is 1. The Morgan fingerprint density at radius 3 is 2.54 bits per heavy atom. The van der Waals surface area contributed by atoms with Gasteiger partial charge in [0.25, 0.3) is 5.91 Å². The molecule has 0 saturated carbocycles. The fraction of sp³-hybridized carbons (Fsp3) is 0.435. The smallest absolute Gasteiger partial charge is 0.261 e. The van der Waals surface area contributed by atoms with Crippen LogP contribution in [0.15, 0.2) is 36.4 Å². The van der Waals surface area contributed by atoms with Crippen LogP contribution in [0.5, 0.6) is 17.2 Å². The maximum absolute atomic E-state index is 12.8. The third kappa shape index (κ3) is 4.41. The fourth-order valence-electron chi connectivity index (χ4n) is 3.42. The number of hydrogen-bond acceptors (Lipinski definition) is 4. The molecule has 1 aliphatic heterocycles. The second kappa shape index (κ2) is 7.74. The van der Waals surface area contributed by atoms with Crippen LogP contribution in [0.3, 0.4) is 0 Å². The molecule has 0 aliphatic carbocycles. The van der Waals surface area contributed by atoms with Crippen LogP contribution in [-0.4, -0.2) is 24.7 Å². The SMILES string of the molecule is COc1ccc2c(c1)OC(C)(C)C[C@@H]2NC(=O)[C@H](C)Oc1ccc(C)c(C)c1. The first-order chi connectivity index (χ1) is 13.2. The lowest BCUT2D eigenvalue weighted by Crippen LogP contribution is -2.44. The van der Waals surface area contributed by atoms with Crippen LogP contribution in [0.1, 0.15) is 49.9 Å². The minimum absolute atomic E-state index is 0.150. The van der Waals surface area contributed by atoms with Gasteiger partial charge in [0.1, 0.15) is 22.8 Å². The van der Waals surface area contributed by atoms with E-state index in [1.165, 1.54) is 5.56 Å². The molecule has 0 bridgehead atoms. The van der Waals surface area contributed by atoms with Crippen LogP contribution in [-0.2, 0) is 4.79 Å². The number of nitrogens with one attached hydrogen (secondary N) is 1. The molecule has 0 unspecified atom stereocenters. The molecule has 28 heavy (non-hydrogen) atoms. The number of fused-ring (bicyclic) bond motifs is 1. The molecule has 1 N–H and O–H groups in total. The molecule has 0 radical (unpaired) electrons. The molecule has 1 amide bonds. The van der Waals surface area contributed by atoms with Gasteiger partial charge in [0.2, 0.25) is 0 Å². The average Bonchev–Trinajstić information content (AvgIpc) is 2.63. The molecule has 2 atom stereocenters. The Balaban J connectivity index is 1.74. The van der Waals surface area contributed by atoms with E-state index in [-0.39, 0.29) is 11.9 Å². The number of carbonyl (C=O) groups is 1. The Morgan fingerprint density at radius 2 is 1.86 bits per heavy atom. The molecule has 150 valence electrons.